The Bertz CT molecular complexity index is 155. The van der Waals surface area contributed by atoms with Crippen molar-refractivity contribution in [2.45, 2.75) is 32.5 Å². The molecule has 0 saturated carbocycles. The van der Waals surface area contributed by atoms with E-state index in [4.69, 9.17) is 24.4 Å². The second kappa shape index (κ2) is 8.90. The van der Waals surface area contributed by atoms with Crippen molar-refractivity contribution in [3.05, 3.63) is 0 Å². The van der Waals surface area contributed by atoms with Gasteiger partial charge in [0, 0.05) is 0 Å². The van der Waals surface area contributed by atoms with Gasteiger partial charge in [0.05, 0.1) is 45.2 Å². The third kappa shape index (κ3) is 10.3. The van der Waals surface area contributed by atoms with Gasteiger partial charge in [-0.2, -0.15) is 0 Å². The van der Waals surface area contributed by atoms with Crippen LogP contribution in [0.1, 0.15) is 20.8 Å². The lowest BCUT2D eigenvalue weighted by Crippen LogP contribution is -2.32. The largest absolute Gasteiger partial charge is 0.394 e. The fraction of sp³-hybridized carbons (Fsp3) is 1.00. The average molecular weight is 236 g/mol. The van der Waals surface area contributed by atoms with Crippen LogP contribution >= 0.6 is 0 Å². The van der Waals surface area contributed by atoms with Crippen LogP contribution in [0.2, 0.25) is 0 Å². The van der Waals surface area contributed by atoms with Crippen LogP contribution in [0.5, 0.6) is 0 Å². The van der Waals surface area contributed by atoms with Crippen molar-refractivity contribution < 1.29 is 24.4 Å². The number of aliphatic hydroxyl groups excluding tert-OH is 2. The zero-order valence-electron chi connectivity index (χ0n) is 10.4. The summed E-state index contributed by atoms with van der Waals surface area (Å²) in [5.74, 6) is 0. The Kier molecular flexibility index (Phi) is 8.78. The zero-order valence-corrected chi connectivity index (χ0v) is 10.4. The molecule has 5 heteroatoms. The van der Waals surface area contributed by atoms with E-state index in [2.05, 4.69) is 0 Å². The normalized spacial score (nSPS) is 14.1. The molecule has 98 valence electrons. The molecule has 0 radical (unpaired) electrons. The van der Waals surface area contributed by atoms with Crippen LogP contribution < -0.4 is 0 Å². The summed E-state index contributed by atoms with van der Waals surface area (Å²) in [5, 5.41) is 17.2. The van der Waals surface area contributed by atoms with Crippen molar-refractivity contribution in [2.24, 2.45) is 0 Å². The van der Waals surface area contributed by atoms with Crippen LogP contribution in [0, 0.1) is 0 Å². The third-order valence-electron chi connectivity index (χ3n) is 1.69. The Labute approximate surface area is 97.3 Å². The van der Waals surface area contributed by atoms with Gasteiger partial charge in [0.1, 0.15) is 6.10 Å². The highest BCUT2D eigenvalue weighted by molar-refractivity contribution is 4.63. The molecule has 0 bridgehead atoms. The lowest BCUT2D eigenvalue weighted by molar-refractivity contribution is -0.103. The van der Waals surface area contributed by atoms with E-state index in [1.165, 1.54) is 0 Å². The lowest BCUT2D eigenvalue weighted by atomic mass is 10.2. The first-order valence-electron chi connectivity index (χ1n) is 5.54. The maximum Gasteiger partial charge on any atom is 0.104 e. The maximum absolute atomic E-state index is 8.67. The van der Waals surface area contributed by atoms with E-state index >= 15 is 0 Å². The standard InChI is InChI=1S/C11H24O5/c1-11(2,3)16-9-10(15-7-5-13)8-14-6-4-12/h10,12-13H,4-9H2,1-3H3. The number of hydrogen-bond acceptors (Lipinski definition) is 5. The first-order chi connectivity index (χ1) is 7.49. The molecule has 0 aromatic carbocycles. The van der Waals surface area contributed by atoms with E-state index in [1.54, 1.807) is 0 Å². The number of rotatable bonds is 9. The molecule has 0 saturated heterocycles. The van der Waals surface area contributed by atoms with Crippen molar-refractivity contribution in [1.29, 1.82) is 0 Å². The highest BCUT2D eigenvalue weighted by Crippen LogP contribution is 2.08. The quantitative estimate of drug-likeness (QED) is 0.559. The molecule has 0 aromatic heterocycles. The predicted molar refractivity (Wildman–Crippen MR) is 60.4 cm³/mol. The molecular formula is C11H24O5. The van der Waals surface area contributed by atoms with Crippen LogP contribution in [0.3, 0.4) is 0 Å². The summed E-state index contributed by atoms with van der Waals surface area (Å²) in [4.78, 5) is 0. The highest BCUT2D eigenvalue weighted by Gasteiger charge is 2.16. The second-order valence-electron chi connectivity index (χ2n) is 4.44. The fourth-order valence-corrected chi connectivity index (χ4v) is 0.986. The lowest BCUT2D eigenvalue weighted by Gasteiger charge is -2.24. The molecule has 16 heavy (non-hydrogen) atoms. The Balaban J connectivity index is 3.80. The maximum atomic E-state index is 8.67. The van der Waals surface area contributed by atoms with Crippen LogP contribution in [0.25, 0.3) is 0 Å². The van der Waals surface area contributed by atoms with E-state index in [1.807, 2.05) is 20.8 Å². The van der Waals surface area contributed by atoms with Crippen molar-refractivity contribution in [3.8, 4) is 0 Å². The van der Waals surface area contributed by atoms with Gasteiger partial charge >= 0.3 is 0 Å². The molecule has 0 aliphatic rings. The number of aliphatic hydroxyl groups is 2. The van der Waals surface area contributed by atoms with Gasteiger partial charge in [-0.3, -0.25) is 0 Å². The van der Waals surface area contributed by atoms with Crippen LogP contribution in [0.4, 0.5) is 0 Å². The zero-order chi connectivity index (χ0) is 12.4. The van der Waals surface area contributed by atoms with Gasteiger partial charge in [-0.1, -0.05) is 0 Å². The summed E-state index contributed by atoms with van der Waals surface area (Å²) >= 11 is 0. The minimum atomic E-state index is -0.224. The highest BCUT2D eigenvalue weighted by atomic mass is 16.6. The van der Waals surface area contributed by atoms with E-state index in [0.29, 0.717) is 13.2 Å². The van der Waals surface area contributed by atoms with E-state index in [9.17, 15) is 0 Å². The summed E-state index contributed by atoms with van der Waals surface area (Å²) in [7, 11) is 0. The fourth-order valence-electron chi connectivity index (χ4n) is 0.986. The van der Waals surface area contributed by atoms with E-state index < -0.39 is 0 Å². The summed E-state index contributed by atoms with van der Waals surface area (Å²) < 4.78 is 16.1. The molecule has 0 amide bonds. The molecule has 0 aliphatic heterocycles. The van der Waals surface area contributed by atoms with E-state index in [0.717, 1.165) is 0 Å². The van der Waals surface area contributed by atoms with Crippen LogP contribution in [0.15, 0.2) is 0 Å². The molecule has 1 unspecified atom stereocenters. The van der Waals surface area contributed by atoms with E-state index in [-0.39, 0.29) is 38.1 Å². The smallest absolute Gasteiger partial charge is 0.104 e. The second-order valence-corrected chi connectivity index (χ2v) is 4.44. The minimum absolute atomic E-state index is 0.00710. The summed E-state index contributed by atoms with van der Waals surface area (Å²) in [5.41, 5.74) is -0.224. The topological polar surface area (TPSA) is 68.2 Å². The summed E-state index contributed by atoms with van der Waals surface area (Å²) in [6.07, 6.45) is -0.210. The van der Waals surface area contributed by atoms with Gasteiger partial charge in [0.2, 0.25) is 0 Å². The van der Waals surface area contributed by atoms with Crippen molar-refractivity contribution >= 4 is 0 Å². The first kappa shape index (κ1) is 15.8. The van der Waals surface area contributed by atoms with Gasteiger partial charge in [-0.05, 0) is 20.8 Å². The van der Waals surface area contributed by atoms with Gasteiger partial charge in [0.25, 0.3) is 0 Å². The molecular weight excluding hydrogens is 212 g/mol. The Morgan fingerprint density at radius 2 is 1.62 bits per heavy atom. The van der Waals surface area contributed by atoms with Gasteiger partial charge < -0.3 is 24.4 Å². The summed E-state index contributed by atoms with van der Waals surface area (Å²) in [6, 6.07) is 0. The Hall–Kier alpha value is -0.200. The predicted octanol–water partition coefficient (Wildman–Crippen LogP) is 0.188. The SMILES string of the molecule is CC(C)(C)OCC(COCCO)OCCO. The van der Waals surface area contributed by atoms with Gasteiger partial charge in [-0.15, -0.1) is 0 Å². The number of ether oxygens (including phenoxy) is 3. The van der Waals surface area contributed by atoms with Crippen molar-refractivity contribution in [3.63, 3.8) is 0 Å². The minimum Gasteiger partial charge on any atom is -0.394 e. The molecule has 0 fully saturated rings. The number of hydrogen-bond donors (Lipinski definition) is 2. The average Bonchev–Trinajstić information content (AvgIpc) is 2.20. The Morgan fingerprint density at radius 3 is 2.12 bits per heavy atom. The van der Waals surface area contributed by atoms with Gasteiger partial charge in [-0.25, -0.2) is 0 Å². The molecule has 2 N–H and O–H groups in total. The monoisotopic (exact) mass is 236 g/mol. The molecule has 0 spiro atoms. The van der Waals surface area contributed by atoms with Crippen molar-refractivity contribution in [1.82, 2.24) is 0 Å². The molecule has 1 atom stereocenters. The summed E-state index contributed by atoms with van der Waals surface area (Å²) in [6.45, 7) is 7.18. The van der Waals surface area contributed by atoms with Crippen LogP contribution in [-0.2, 0) is 14.2 Å². The van der Waals surface area contributed by atoms with Gasteiger partial charge in [0.15, 0.2) is 0 Å². The van der Waals surface area contributed by atoms with Crippen molar-refractivity contribution in [2.75, 3.05) is 39.6 Å². The Morgan fingerprint density at radius 1 is 1.00 bits per heavy atom. The molecule has 5 nitrogen and oxygen atoms in total. The molecule has 0 rings (SSSR count). The van der Waals surface area contributed by atoms with Crippen LogP contribution in [-0.4, -0.2) is 61.6 Å². The molecule has 0 heterocycles. The third-order valence-corrected chi connectivity index (χ3v) is 1.69. The molecule has 0 aromatic rings. The molecule has 0 aliphatic carbocycles. The first-order valence-corrected chi connectivity index (χ1v) is 5.54.